The summed E-state index contributed by atoms with van der Waals surface area (Å²) in [4.78, 5) is 27.1. The number of likely N-dealkylation sites (N-methyl/N-ethyl adjacent to an activating group) is 1. The van der Waals surface area contributed by atoms with Gasteiger partial charge in [-0.1, -0.05) is 60.7 Å². The molecule has 0 aliphatic rings. The van der Waals surface area contributed by atoms with Gasteiger partial charge in [0.05, 0.1) is 7.05 Å². The molecule has 2 atom stereocenters. The summed E-state index contributed by atoms with van der Waals surface area (Å²) < 4.78 is -0.200. The van der Waals surface area contributed by atoms with E-state index < -0.39 is 17.9 Å². The largest absolute Gasteiger partial charge is 0.508 e. The molecule has 6 nitrogen and oxygen atoms in total. The van der Waals surface area contributed by atoms with E-state index in [1.165, 1.54) is 0 Å². The van der Waals surface area contributed by atoms with Gasteiger partial charge in [-0.25, -0.2) is 9.28 Å². The van der Waals surface area contributed by atoms with Gasteiger partial charge < -0.3 is 16.6 Å². The van der Waals surface area contributed by atoms with Crippen molar-refractivity contribution in [3.63, 3.8) is 0 Å². The Morgan fingerprint density at radius 3 is 1.85 bits per heavy atom. The van der Waals surface area contributed by atoms with E-state index in [4.69, 9.17) is 11.5 Å². The van der Waals surface area contributed by atoms with Crippen LogP contribution >= 0.6 is 0 Å². The van der Waals surface area contributed by atoms with Gasteiger partial charge in [-0.2, -0.15) is 0 Å². The minimum Gasteiger partial charge on any atom is -0.508 e. The first-order chi connectivity index (χ1) is 15.9. The van der Waals surface area contributed by atoms with Crippen molar-refractivity contribution in [2.24, 2.45) is 11.5 Å². The van der Waals surface area contributed by atoms with Crippen molar-refractivity contribution < 1.29 is 19.2 Å². The molecule has 1 unspecified atom stereocenters. The van der Waals surface area contributed by atoms with Gasteiger partial charge in [0.15, 0.2) is 6.04 Å². The third-order valence-electron chi connectivity index (χ3n) is 6.16. The molecule has 0 saturated heterocycles. The van der Waals surface area contributed by atoms with Crippen LogP contribution in [0.15, 0.2) is 84.9 Å². The van der Waals surface area contributed by atoms with Crippen LogP contribution in [-0.4, -0.2) is 41.0 Å². The average Bonchev–Trinajstić information content (AvgIpc) is 2.82. The molecule has 0 saturated carbocycles. The average molecular weight is 447 g/mol. The quantitative estimate of drug-likeness (QED) is 0.416. The van der Waals surface area contributed by atoms with Gasteiger partial charge in [0, 0.05) is 12.0 Å². The lowest BCUT2D eigenvalue weighted by Gasteiger charge is -2.40. The second kappa shape index (κ2) is 10.9. The molecule has 3 aromatic carbocycles. The molecular weight excluding hydrogens is 414 g/mol. The van der Waals surface area contributed by atoms with E-state index in [1.807, 2.05) is 60.7 Å². The molecule has 33 heavy (non-hydrogen) atoms. The number of carbonyl (C=O) groups is 2. The number of hydrogen-bond donors (Lipinski definition) is 3. The van der Waals surface area contributed by atoms with Crippen LogP contribution in [0.1, 0.15) is 35.4 Å². The highest BCUT2D eigenvalue weighted by Crippen LogP contribution is 2.33. The van der Waals surface area contributed by atoms with Gasteiger partial charge in [0.2, 0.25) is 0 Å². The second-order valence-electron chi connectivity index (χ2n) is 8.53. The Morgan fingerprint density at radius 2 is 1.39 bits per heavy atom. The van der Waals surface area contributed by atoms with Gasteiger partial charge in [-0.05, 0) is 48.4 Å². The van der Waals surface area contributed by atoms with Crippen molar-refractivity contribution in [2.45, 2.75) is 31.3 Å². The summed E-state index contributed by atoms with van der Waals surface area (Å²) in [6, 6.07) is 25.1. The molecule has 0 bridgehead atoms. The van der Waals surface area contributed by atoms with Crippen LogP contribution in [0.5, 0.6) is 5.75 Å². The minimum atomic E-state index is -0.746. The van der Waals surface area contributed by atoms with Crippen molar-refractivity contribution in [1.82, 2.24) is 0 Å². The SMILES string of the molecule is C[N@+](Cc1ccc(O)cc1)(C(=O)C(c1ccccc1)c1ccccc1)C(CCCN)C(N)=O. The normalized spacial score (nSPS) is 13.9. The summed E-state index contributed by atoms with van der Waals surface area (Å²) in [5.74, 6) is -1.09. The molecular formula is C27H32N3O3+. The molecule has 0 radical (unpaired) electrons. The summed E-state index contributed by atoms with van der Waals surface area (Å²) in [7, 11) is 1.78. The maximum absolute atomic E-state index is 14.4. The fourth-order valence-corrected chi connectivity index (χ4v) is 4.41. The standard InChI is InChI=1S/C27H31N3O3/c1-30(24(26(29)32)13-8-18-28,19-20-14-16-23(31)17-15-20)27(33)25(21-9-4-2-5-10-21)22-11-6-3-7-12-22/h2-7,9-12,14-17,24-25H,8,13,18-19,28H2,1H3,(H2-,29,31,32)/p+1/t24?,30-/m1/s1. The smallest absolute Gasteiger partial charge is 0.326 e. The number of primary amides is 1. The van der Waals surface area contributed by atoms with Crippen LogP contribution in [0.4, 0.5) is 0 Å². The molecule has 0 heterocycles. The Bertz CT molecular complexity index is 1020. The number of aromatic hydroxyl groups is 1. The monoisotopic (exact) mass is 446 g/mol. The first kappa shape index (κ1) is 24.2. The predicted molar refractivity (Wildman–Crippen MR) is 129 cm³/mol. The number of carbonyl (C=O) groups excluding carboxylic acids is 2. The van der Waals surface area contributed by atoms with Crippen molar-refractivity contribution in [2.75, 3.05) is 13.6 Å². The highest BCUT2D eigenvalue weighted by Gasteiger charge is 2.47. The summed E-state index contributed by atoms with van der Waals surface area (Å²) in [5.41, 5.74) is 14.1. The third-order valence-corrected chi connectivity index (χ3v) is 6.16. The van der Waals surface area contributed by atoms with E-state index >= 15 is 0 Å². The van der Waals surface area contributed by atoms with Crippen LogP contribution in [0.2, 0.25) is 0 Å². The van der Waals surface area contributed by atoms with Crippen molar-refractivity contribution in [3.05, 3.63) is 102 Å². The number of quaternary nitrogens is 1. The van der Waals surface area contributed by atoms with Crippen LogP contribution in [-0.2, 0) is 16.1 Å². The maximum atomic E-state index is 14.4. The summed E-state index contributed by atoms with van der Waals surface area (Å²) in [6.45, 7) is 0.658. The maximum Gasteiger partial charge on any atom is 0.326 e. The minimum absolute atomic E-state index is 0.124. The fourth-order valence-electron chi connectivity index (χ4n) is 4.41. The van der Waals surface area contributed by atoms with Gasteiger partial charge >= 0.3 is 5.91 Å². The van der Waals surface area contributed by atoms with E-state index in [-0.39, 0.29) is 22.7 Å². The first-order valence-electron chi connectivity index (χ1n) is 11.1. The van der Waals surface area contributed by atoms with Crippen LogP contribution in [0, 0.1) is 0 Å². The molecule has 0 aliphatic carbocycles. The van der Waals surface area contributed by atoms with Crippen molar-refractivity contribution in [3.8, 4) is 5.75 Å². The number of phenolic OH excluding ortho intramolecular Hbond substituents is 1. The van der Waals surface area contributed by atoms with E-state index in [9.17, 15) is 14.7 Å². The molecule has 0 spiro atoms. The van der Waals surface area contributed by atoms with Crippen molar-refractivity contribution in [1.29, 1.82) is 0 Å². The van der Waals surface area contributed by atoms with E-state index in [0.29, 0.717) is 19.4 Å². The number of amides is 2. The molecule has 3 rings (SSSR count). The van der Waals surface area contributed by atoms with Gasteiger partial charge in [0.25, 0.3) is 5.91 Å². The Kier molecular flexibility index (Phi) is 7.98. The molecule has 6 heteroatoms. The summed E-state index contributed by atoms with van der Waals surface area (Å²) in [5, 5.41) is 9.70. The van der Waals surface area contributed by atoms with E-state index in [2.05, 4.69) is 0 Å². The summed E-state index contributed by atoms with van der Waals surface area (Å²) in [6.07, 6.45) is 0.980. The number of benzene rings is 3. The lowest BCUT2D eigenvalue weighted by Crippen LogP contribution is -2.61. The van der Waals surface area contributed by atoms with E-state index in [0.717, 1.165) is 16.7 Å². The zero-order valence-electron chi connectivity index (χ0n) is 18.9. The molecule has 3 aromatic rings. The number of phenols is 1. The highest BCUT2D eigenvalue weighted by molar-refractivity contribution is 5.86. The number of hydrogen-bond acceptors (Lipinski definition) is 4. The zero-order chi connectivity index (χ0) is 23.8. The third kappa shape index (κ3) is 5.66. The molecule has 0 fully saturated rings. The molecule has 5 N–H and O–H groups in total. The predicted octanol–water partition coefficient (Wildman–Crippen LogP) is 3.29. The van der Waals surface area contributed by atoms with Crippen molar-refractivity contribution >= 4 is 11.8 Å². The van der Waals surface area contributed by atoms with Gasteiger partial charge in [-0.3, -0.25) is 4.79 Å². The molecule has 0 aromatic heterocycles. The fraction of sp³-hybridized carbons (Fsp3) is 0.259. The first-order valence-corrected chi connectivity index (χ1v) is 11.1. The Morgan fingerprint density at radius 1 is 0.879 bits per heavy atom. The summed E-state index contributed by atoms with van der Waals surface area (Å²) >= 11 is 0. The zero-order valence-corrected chi connectivity index (χ0v) is 18.9. The van der Waals surface area contributed by atoms with E-state index in [1.54, 1.807) is 31.3 Å². The lowest BCUT2D eigenvalue weighted by atomic mass is 9.88. The Hall–Kier alpha value is -3.48. The second-order valence-corrected chi connectivity index (χ2v) is 8.53. The van der Waals surface area contributed by atoms with Crippen LogP contribution in [0.3, 0.4) is 0 Å². The molecule has 2 amide bonds. The highest BCUT2D eigenvalue weighted by atomic mass is 16.3. The molecule has 0 aliphatic heterocycles. The number of nitrogens with zero attached hydrogens (tertiary/aromatic N) is 1. The van der Waals surface area contributed by atoms with Gasteiger partial charge in [-0.15, -0.1) is 0 Å². The Labute approximate surface area is 195 Å². The number of rotatable bonds is 10. The lowest BCUT2D eigenvalue weighted by molar-refractivity contribution is -0.865. The topological polar surface area (TPSA) is 106 Å². The Balaban J connectivity index is 2.14. The number of nitrogens with two attached hydrogens (primary N) is 2. The van der Waals surface area contributed by atoms with Gasteiger partial charge in [0.1, 0.15) is 18.2 Å². The molecule has 172 valence electrons. The van der Waals surface area contributed by atoms with Crippen LogP contribution in [0.25, 0.3) is 0 Å². The van der Waals surface area contributed by atoms with Crippen LogP contribution < -0.4 is 11.5 Å².